The Morgan fingerprint density at radius 1 is 1.43 bits per heavy atom. The summed E-state index contributed by atoms with van der Waals surface area (Å²) in [4.78, 5) is 24.8. The fraction of sp³-hybridized carbons (Fsp3) is 0.692. The number of halogens is 2. The molecule has 0 spiro atoms. The molecule has 5 N–H and O–H groups in total. The van der Waals surface area contributed by atoms with E-state index in [0.29, 0.717) is 5.75 Å². The van der Waals surface area contributed by atoms with Crippen molar-refractivity contribution >= 4 is 36.0 Å². The molecule has 2 saturated heterocycles. The third-order valence-corrected chi connectivity index (χ3v) is 5.87. The van der Waals surface area contributed by atoms with Gasteiger partial charge in [0.05, 0.1) is 20.1 Å². The van der Waals surface area contributed by atoms with E-state index in [1.807, 2.05) is 0 Å². The molecular formula is C13H23Cl2N3O4S. The van der Waals surface area contributed by atoms with Gasteiger partial charge < -0.3 is 33.2 Å². The van der Waals surface area contributed by atoms with Gasteiger partial charge in [0.1, 0.15) is 23.7 Å². The number of nitrogens with zero attached hydrogens (tertiary/aromatic N) is 2. The van der Waals surface area contributed by atoms with Gasteiger partial charge >= 0.3 is 5.97 Å². The maximum absolute atomic E-state index is 11.9. The van der Waals surface area contributed by atoms with E-state index in [1.165, 1.54) is 17.7 Å². The third kappa shape index (κ3) is 3.78. The number of β-lactam (4-membered cyclic amide) rings is 1. The molecule has 3 aliphatic heterocycles. The van der Waals surface area contributed by atoms with Crippen molar-refractivity contribution < 1.29 is 37.1 Å². The smallest absolute Gasteiger partial charge is 0.352 e. The van der Waals surface area contributed by atoms with Crippen molar-refractivity contribution in [3.63, 3.8) is 0 Å². The highest BCUT2D eigenvalue weighted by Gasteiger charge is 2.52. The van der Waals surface area contributed by atoms with Gasteiger partial charge in [-0.1, -0.05) is 0 Å². The first kappa shape index (κ1) is 22.5. The summed E-state index contributed by atoms with van der Waals surface area (Å²) in [6.45, 7) is 2.89. The number of fused-ring (bicyclic) bond motifs is 1. The maximum Gasteiger partial charge on any atom is 0.352 e. The summed E-state index contributed by atoms with van der Waals surface area (Å²) >= 11 is 1.59. The first-order chi connectivity index (χ1) is 9.43. The fourth-order valence-corrected chi connectivity index (χ4v) is 4.70. The summed E-state index contributed by atoms with van der Waals surface area (Å²) in [6, 6.07) is -0.549. The van der Waals surface area contributed by atoms with E-state index in [1.54, 1.807) is 11.8 Å². The molecule has 0 saturated carbocycles. The van der Waals surface area contributed by atoms with E-state index in [-0.39, 0.29) is 47.3 Å². The van der Waals surface area contributed by atoms with Crippen LogP contribution in [0.1, 0.15) is 12.8 Å². The van der Waals surface area contributed by atoms with Crippen molar-refractivity contribution in [2.45, 2.75) is 24.3 Å². The molecule has 3 heterocycles. The van der Waals surface area contributed by atoms with Crippen LogP contribution in [0.4, 0.5) is 0 Å². The molecule has 2 fully saturated rings. The van der Waals surface area contributed by atoms with Crippen LogP contribution in [0.15, 0.2) is 11.3 Å². The standard InChI is InChI=1S/C13H19N3O3S.2ClH.H2O/c1-16(4-2-3-5-16)6-8-7-20-12-9(14)11(17)15(12)10(8)13(18)19;;;/h9,12H,2-7,14H2,1H3;2*1H;1H2. The first-order valence-electron chi connectivity index (χ1n) is 6.92. The van der Waals surface area contributed by atoms with Gasteiger partial charge in [0.15, 0.2) is 0 Å². The third-order valence-electron chi connectivity index (χ3n) is 4.51. The Hall–Kier alpha value is -0.510. The zero-order valence-corrected chi connectivity index (χ0v) is 15.2. The van der Waals surface area contributed by atoms with Crippen molar-refractivity contribution in [1.82, 2.24) is 4.90 Å². The molecule has 10 heteroatoms. The molecular weight excluding hydrogens is 365 g/mol. The van der Waals surface area contributed by atoms with Gasteiger partial charge in [0, 0.05) is 24.2 Å². The number of carbonyl (C=O) groups excluding carboxylic acids is 1. The zero-order valence-electron chi connectivity index (χ0n) is 12.8. The topological polar surface area (TPSA) is 115 Å². The van der Waals surface area contributed by atoms with Crippen LogP contribution in [0.5, 0.6) is 0 Å². The van der Waals surface area contributed by atoms with Gasteiger partial charge in [-0.15, -0.1) is 24.2 Å². The van der Waals surface area contributed by atoms with Crippen LogP contribution in [0.2, 0.25) is 0 Å². The van der Waals surface area contributed by atoms with Crippen LogP contribution in [0, 0.1) is 0 Å². The number of aliphatic carboxylic acids is 1. The number of hydrogen-bond donors (Lipinski definition) is 2. The van der Waals surface area contributed by atoms with Crippen molar-refractivity contribution in [3.8, 4) is 0 Å². The molecule has 0 aromatic heterocycles. The van der Waals surface area contributed by atoms with E-state index in [9.17, 15) is 14.7 Å². The second-order valence-corrected chi connectivity index (χ2v) is 7.23. The summed E-state index contributed by atoms with van der Waals surface area (Å²) in [5, 5.41) is 9.29. The van der Waals surface area contributed by atoms with Gasteiger partial charge in [-0.05, 0) is 0 Å². The number of rotatable bonds is 3. The molecule has 0 bridgehead atoms. The number of quaternary nitrogens is 1. The Bertz CT molecular complexity index is 511. The normalized spacial score (nSPS) is 27.9. The molecule has 0 aromatic carbocycles. The highest BCUT2D eigenvalue weighted by Crippen LogP contribution is 2.40. The van der Waals surface area contributed by atoms with E-state index in [4.69, 9.17) is 5.73 Å². The summed E-state index contributed by atoms with van der Waals surface area (Å²) in [5.41, 5.74) is 6.81. The lowest BCUT2D eigenvalue weighted by atomic mass is 10.0. The molecule has 2 atom stereocenters. The Kier molecular flexibility index (Phi) is 7.87. The SMILES string of the molecule is C[N+]1(CC2=C(C(=O)O)N3C(=O)C(N)C3SC2)CCCC1.Cl.O.[Cl-]. The molecule has 3 aliphatic rings. The average Bonchev–Trinajstić information content (AvgIpc) is 2.83. The number of thioether (sulfide) groups is 1. The Morgan fingerprint density at radius 2 is 2.00 bits per heavy atom. The lowest BCUT2D eigenvalue weighted by molar-refractivity contribution is -0.893. The number of carboxylic acids is 1. The number of amides is 1. The fourth-order valence-electron chi connectivity index (χ4n) is 3.42. The monoisotopic (exact) mass is 387 g/mol. The van der Waals surface area contributed by atoms with Gasteiger partial charge in [-0.2, -0.15) is 0 Å². The number of nitrogens with two attached hydrogens (primary N) is 1. The largest absolute Gasteiger partial charge is 1.00 e. The lowest BCUT2D eigenvalue weighted by Gasteiger charge is -2.48. The minimum absolute atomic E-state index is 0. The average molecular weight is 388 g/mol. The number of likely N-dealkylation sites (tertiary alicyclic amines) is 1. The predicted octanol–water partition coefficient (Wildman–Crippen LogP) is -3.59. The molecule has 0 radical (unpaired) electrons. The molecule has 134 valence electrons. The molecule has 2 unspecified atom stereocenters. The molecule has 1 amide bonds. The Morgan fingerprint density at radius 3 is 2.52 bits per heavy atom. The number of carboxylic acid groups (broad SMARTS) is 1. The summed E-state index contributed by atoms with van der Waals surface area (Å²) < 4.78 is 0.880. The van der Waals surface area contributed by atoms with Crippen LogP contribution in [-0.2, 0) is 9.59 Å². The van der Waals surface area contributed by atoms with Gasteiger partial charge in [-0.25, -0.2) is 4.79 Å². The van der Waals surface area contributed by atoms with E-state index < -0.39 is 12.0 Å². The summed E-state index contributed by atoms with van der Waals surface area (Å²) in [7, 11) is 2.17. The Labute approximate surface area is 152 Å². The highest BCUT2D eigenvalue weighted by atomic mass is 35.5. The van der Waals surface area contributed by atoms with Crippen LogP contribution in [0.3, 0.4) is 0 Å². The summed E-state index contributed by atoms with van der Waals surface area (Å²) in [5.74, 6) is -0.602. The minimum Gasteiger partial charge on any atom is -1.00 e. The van der Waals surface area contributed by atoms with E-state index in [2.05, 4.69) is 7.05 Å². The second-order valence-electron chi connectivity index (χ2n) is 6.12. The van der Waals surface area contributed by atoms with Crippen molar-refractivity contribution in [2.75, 3.05) is 32.4 Å². The predicted molar refractivity (Wildman–Crippen MR) is 86.6 cm³/mol. The number of hydrogen-bond acceptors (Lipinski definition) is 4. The molecule has 3 rings (SSSR count). The number of likely N-dealkylation sites (N-methyl/N-ethyl adjacent to an activating group) is 1. The van der Waals surface area contributed by atoms with Crippen LogP contribution in [-0.4, -0.2) is 75.7 Å². The minimum atomic E-state index is -1.00. The first-order valence-corrected chi connectivity index (χ1v) is 7.97. The molecule has 0 aromatic rings. The van der Waals surface area contributed by atoms with Crippen LogP contribution < -0.4 is 18.1 Å². The van der Waals surface area contributed by atoms with Crippen molar-refractivity contribution in [3.05, 3.63) is 11.3 Å². The Balaban J connectivity index is 0.00000161. The van der Waals surface area contributed by atoms with Crippen LogP contribution in [0.25, 0.3) is 0 Å². The molecule has 0 aliphatic carbocycles. The second kappa shape index (κ2) is 8.04. The van der Waals surface area contributed by atoms with Gasteiger partial charge in [0.2, 0.25) is 5.91 Å². The summed E-state index contributed by atoms with van der Waals surface area (Å²) in [6.07, 6.45) is 2.38. The number of carbonyl (C=O) groups is 2. The quantitative estimate of drug-likeness (QED) is 0.383. The van der Waals surface area contributed by atoms with Crippen molar-refractivity contribution in [2.24, 2.45) is 5.73 Å². The zero-order chi connectivity index (χ0) is 14.5. The van der Waals surface area contributed by atoms with E-state index in [0.717, 1.165) is 29.7 Å². The highest BCUT2D eigenvalue weighted by molar-refractivity contribution is 8.00. The molecule has 7 nitrogen and oxygen atoms in total. The lowest BCUT2D eigenvalue weighted by Crippen LogP contribution is -3.00. The van der Waals surface area contributed by atoms with Gasteiger partial charge in [-0.3, -0.25) is 9.69 Å². The van der Waals surface area contributed by atoms with E-state index >= 15 is 0 Å². The van der Waals surface area contributed by atoms with Crippen molar-refractivity contribution in [1.29, 1.82) is 0 Å². The van der Waals surface area contributed by atoms with Crippen LogP contribution >= 0.6 is 24.2 Å². The maximum atomic E-state index is 11.9. The molecule has 23 heavy (non-hydrogen) atoms. The van der Waals surface area contributed by atoms with Gasteiger partial charge in [0.25, 0.3) is 0 Å².